The van der Waals surface area contributed by atoms with Gasteiger partial charge >= 0.3 is 29.8 Å². The molecule has 3 aromatic rings. The molecule has 3 aromatic carbocycles. The van der Waals surface area contributed by atoms with Gasteiger partial charge in [-0.2, -0.15) is 0 Å². The Morgan fingerprint density at radius 2 is 0.962 bits per heavy atom. The van der Waals surface area contributed by atoms with Crippen LogP contribution in [0.5, 0.6) is 28.7 Å². The van der Waals surface area contributed by atoms with E-state index in [-0.39, 0.29) is 17.2 Å². The Bertz CT molecular complexity index is 1740. The van der Waals surface area contributed by atoms with E-state index in [2.05, 4.69) is 13.2 Å². The Hall–Kier alpha value is -6.43. The van der Waals surface area contributed by atoms with Crippen LogP contribution in [0, 0.1) is 0 Å². The van der Waals surface area contributed by atoms with Crippen LogP contribution in [0.15, 0.2) is 104 Å². The quantitative estimate of drug-likeness (QED) is 0.0505. The minimum absolute atomic E-state index is 0.0540. The Balaban J connectivity index is 1.47. The molecule has 0 aliphatic rings. The van der Waals surface area contributed by atoms with Crippen LogP contribution in [-0.4, -0.2) is 56.3 Å². The van der Waals surface area contributed by atoms with Crippen molar-refractivity contribution in [3.05, 3.63) is 115 Å². The molecule has 0 heterocycles. The van der Waals surface area contributed by atoms with Gasteiger partial charge in [0.1, 0.15) is 17.2 Å². The highest BCUT2D eigenvalue weighted by Gasteiger charge is 2.14. The van der Waals surface area contributed by atoms with Gasteiger partial charge in [0.2, 0.25) is 0 Å². The monoisotopic (exact) mass is 712 g/mol. The van der Waals surface area contributed by atoms with E-state index >= 15 is 0 Å². The van der Waals surface area contributed by atoms with Crippen molar-refractivity contribution in [3.63, 3.8) is 0 Å². The van der Waals surface area contributed by atoms with E-state index < -0.39 is 29.8 Å². The number of carbonyl (C=O) groups is 5. The highest BCUT2D eigenvalue weighted by Crippen LogP contribution is 2.32. The first-order valence-corrected chi connectivity index (χ1v) is 16.3. The molecule has 272 valence electrons. The van der Waals surface area contributed by atoms with E-state index in [1.54, 1.807) is 60.7 Å². The Morgan fingerprint density at radius 3 is 1.42 bits per heavy atom. The van der Waals surface area contributed by atoms with Crippen molar-refractivity contribution < 1.29 is 57.1 Å². The molecule has 3 rings (SSSR count). The smallest absolute Gasteiger partial charge is 0.336 e. The van der Waals surface area contributed by atoms with E-state index in [9.17, 15) is 24.0 Å². The maximum atomic E-state index is 12.6. The van der Waals surface area contributed by atoms with Gasteiger partial charge in [-0.05, 0) is 85.4 Å². The molecule has 52 heavy (non-hydrogen) atoms. The standard InChI is InChI=1S/C40H40O12/c1-4-37(42)48-26-8-6-24-46-32-16-10-30(11-17-32)14-22-39(44)51-34-20-21-35(36(28-34)50-29(3)41)52-40(45)23-15-31-12-18-33(19-13-31)47-25-7-9-27-49-38(43)5-2/h4-5,10-23,28H,1-2,6-9,24-27H2,3H3. The molecule has 0 aliphatic carbocycles. The van der Waals surface area contributed by atoms with E-state index in [1.807, 2.05) is 0 Å². The first kappa shape index (κ1) is 40.0. The number of benzene rings is 3. The molecule has 0 aliphatic heterocycles. The molecule has 12 nitrogen and oxygen atoms in total. The van der Waals surface area contributed by atoms with Crippen molar-refractivity contribution in [1.82, 2.24) is 0 Å². The molecule has 0 spiro atoms. The van der Waals surface area contributed by atoms with Crippen LogP contribution >= 0.6 is 0 Å². The summed E-state index contributed by atoms with van der Waals surface area (Å²) < 4.78 is 37.1. The van der Waals surface area contributed by atoms with Crippen molar-refractivity contribution >= 4 is 42.0 Å². The Morgan fingerprint density at radius 1 is 0.519 bits per heavy atom. The Labute approximate surface area is 301 Å². The van der Waals surface area contributed by atoms with Gasteiger partial charge < -0.3 is 33.2 Å². The third-order valence-electron chi connectivity index (χ3n) is 6.62. The lowest BCUT2D eigenvalue weighted by Gasteiger charge is -2.10. The summed E-state index contributed by atoms with van der Waals surface area (Å²) in [6, 6.07) is 18.1. The second kappa shape index (κ2) is 22.3. The van der Waals surface area contributed by atoms with E-state index in [0.717, 1.165) is 17.7 Å². The Kier molecular flexibility index (Phi) is 17.2. The minimum Gasteiger partial charge on any atom is -0.494 e. The predicted octanol–water partition coefficient (Wildman–Crippen LogP) is 6.63. The maximum Gasteiger partial charge on any atom is 0.336 e. The topological polar surface area (TPSA) is 150 Å². The molecule has 0 atom stereocenters. The van der Waals surface area contributed by atoms with Crippen LogP contribution in [0.25, 0.3) is 12.2 Å². The largest absolute Gasteiger partial charge is 0.494 e. The molecule has 0 radical (unpaired) electrons. The van der Waals surface area contributed by atoms with Crippen LogP contribution in [0.4, 0.5) is 0 Å². The maximum absolute atomic E-state index is 12.6. The van der Waals surface area contributed by atoms with Gasteiger partial charge in [-0.25, -0.2) is 19.2 Å². The number of rotatable bonds is 21. The summed E-state index contributed by atoms with van der Waals surface area (Å²) >= 11 is 0. The molecular weight excluding hydrogens is 672 g/mol. The molecule has 0 saturated carbocycles. The number of hydrogen-bond donors (Lipinski definition) is 0. The summed E-state index contributed by atoms with van der Waals surface area (Å²) in [7, 11) is 0. The van der Waals surface area contributed by atoms with Crippen LogP contribution in [0.3, 0.4) is 0 Å². The fraction of sp³-hybridized carbons (Fsp3) is 0.225. The first-order valence-electron chi connectivity index (χ1n) is 16.3. The lowest BCUT2D eigenvalue weighted by molar-refractivity contribution is -0.138. The zero-order valence-corrected chi connectivity index (χ0v) is 28.8. The molecule has 0 fully saturated rings. The van der Waals surface area contributed by atoms with Gasteiger partial charge in [0, 0.05) is 37.3 Å². The molecule has 0 saturated heterocycles. The number of unbranched alkanes of at least 4 members (excludes halogenated alkanes) is 2. The van der Waals surface area contributed by atoms with E-state index in [0.29, 0.717) is 69.2 Å². The normalized spacial score (nSPS) is 10.6. The van der Waals surface area contributed by atoms with E-state index in [4.69, 9.17) is 33.2 Å². The SMILES string of the molecule is C=CC(=O)OCCCCOc1ccc(C=CC(=O)Oc2ccc(OC(=O)C=Cc3ccc(OCCCCOC(=O)C=C)cc3)c(OC(C)=O)c2)cc1. The summed E-state index contributed by atoms with van der Waals surface area (Å²) in [5.74, 6) is -1.83. The second-order valence-electron chi connectivity index (χ2n) is 10.7. The molecule has 0 amide bonds. The van der Waals surface area contributed by atoms with Gasteiger partial charge in [0.15, 0.2) is 11.5 Å². The summed E-state index contributed by atoms with van der Waals surface area (Å²) in [6.45, 7) is 9.35. The fourth-order valence-corrected chi connectivity index (χ4v) is 4.09. The predicted molar refractivity (Wildman–Crippen MR) is 192 cm³/mol. The van der Waals surface area contributed by atoms with Gasteiger partial charge in [-0.1, -0.05) is 37.4 Å². The van der Waals surface area contributed by atoms with Crippen molar-refractivity contribution in [1.29, 1.82) is 0 Å². The van der Waals surface area contributed by atoms with Crippen molar-refractivity contribution in [2.75, 3.05) is 26.4 Å². The van der Waals surface area contributed by atoms with Gasteiger partial charge in [0.25, 0.3) is 0 Å². The van der Waals surface area contributed by atoms with Gasteiger partial charge in [-0.3, -0.25) is 4.79 Å². The third-order valence-corrected chi connectivity index (χ3v) is 6.62. The molecular formula is C40H40O12. The molecule has 12 heteroatoms. The molecule has 0 unspecified atom stereocenters. The highest BCUT2D eigenvalue weighted by molar-refractivity contribution is 5.90. The molecule has 0 bridgehead atoms. The van der Waals surface area contributed by atoms with Crippen molar-refractivity contribution in [2.24, 2.45) is 0 Å². The van der Waals surface area contributed by atoms with Gasteiger partial charge in [-0.15, -0.1) is 0 Å². The zero-order chi connectivity index (χ0) is 37.6. The first-order chi connectivity index (χ1) is 25.1. The molecule has 0 N–H and O–H groups in total. The number of carbonyl (C=O) groups excluding carboxylic acids is 5. The summed E-state index contributed by atoms with van der Waals surface area (Å²) in [6.07, 6.45) is 10.5. The summed E-state index contributed by atoms with van der Waals surface area (Å²) in [4.78, 5) is 58.9. The highest BCUT2D eigenvalue weighted by atomic mass is 16.6. The number of esters is 5. The van der Waals surface area contributed by atoms with Crippen LogP contribution in [-0.2, 0) is 33.4 Å². The third kappa shape index (κ3) is 15.9. The van der Waals surface area contributed by atoms with Gasteiger partial charge in [0.05, 0.1) is 26.4 Å². The second-order valence-corrected chi connectivity index (χ2v) is 10.7. The average Bonchev–Trinajstić information content (AvgIpc) is 3.14. The van der Waals surface area contributed by atoms with E-state index in [1.165, 1.54) is 37.3 Å². The van der Waals surface area contributed by atoms with Crippen LogP contribution in [0.2, 0.25) is 0 Å². The summed E-state index contributed by atoms with van der Waals surface area (Å²) in [5.41, 5.74) is 1.43. The fourth-order valence-electron chi connectivity index (χ4n) is 4.09. The lowest BCUT2D eigenvalue weighted by atomic mass is 10.2. The van der Waals surface area contributed by atoms with Crippen LogP contribution in [0.1, 0.15) is 43.7 Å². The number of ether oxygens (including phenoxy) is 7. The summed E-state index contributed by atoms with van der Waals surface area (Å²) in [5, 5.41) is 0. The van der Waals surface area contributed by atoms with Crippen LogP contribution < -0.4 is 23.7 Å². The zero-order valence-electron chi connectivity index (χ0n) is 28.8. The average molecular weight is 713 g/mol. The lowest BCUT2D eigenvalue weighted by Crippen LogP contribution is -2.09. The minimum atomic E-state index is -0.735. The van der Waals surface area contributed by atoms with Crippen molar-refractivity contribution in [2.45, 2.75) is 32.6 Å². The van der Waals surface area contributed by atoms with Crippen molar-refractivity contribution in [3.8, 4) is 28.7 Å². The number of hydrogen-bond acceptors (Lipinski definition) is 12. The molecule has 0 aromatic heterocycles.